The topological polar surface area (TPSA) is 114 Å². The Labute approximate surface area is 371 Å². The second-order valence-corrected chi connectivity index (χ2v) is 16.1. The Morgan fingerprint density at radius 2 is 1.02 bits per heavy atom. The molecule has 3 fully saturated rings. The molecule has 3 aliphatic heterocycles. The van der Waals surface area contributed by atoms with Crippen LogP contribution in [0.4, 0.5) is 26.3 Å². The van der Waals surface area contributed by atoms with Crippen molar-refractivity contribution in [3.63, 3.8) is 0 Å². The molecule has 0 aliphatic carbocycles. The van der Waals surface area contributed by atoms with Gasteiger partial charge in [-0.2, -0.15) is 26.3 Å². The van der Waals surface area contributed by atoms with E-state index in [4.69, 9.17) is 28.3 Å². The van der Waals surface area contributed by atoms with Crippen LogP contribution < -0.4 is 24.4 Å². The summed E-state index contributed by atoms with van der Waals surface area (Å²) in [4.78, 5) is 0. The first-order chi connectivity index (χ1) is 29.4. The predicted octanol–water partition coefficient (Wildman–Crippen LogP) is 12.5. The van der Waals surface area contributed by atoms with Gasteiger partial charge in [0.15, 0.2) is 12.6 Å². The number of phenols is 2. The van der Waals surface area contributed by atoms with Crippen LogP contribution in [0.15, 0.2) is 114 Å². The van der Waals surface area contributed by atoms with Gasteiger partial charge in [-0.1, -0.05) is 47.6 Å². The fourth-order valence-corrected chi connectivity index (χ4v) is 6.47. The first-order valence-electron chi connectivity index (χ1n) is 19.6. The summed E-state index contributed by atoms with van der Waals surface area (Å²) in [6.07, 6.45) is 1.09. The van der Waals surface area contributed by atoms with Gasteiger partial charge in [-0.25, -0.2) is 0 Å². The van der Waals surface area contributed by atoms with E-state index in [1.165, 1.54) is 54.6 Å². The highest BCUT2D eigenvalue weighted by Crippen LogP contribution is 2.37. The average Bonchev–Trinajstić information content (AvgIpc) is 3.44. The first kappa shape index (κ1) is 50.8. The highest BCUT2D eigenvalue weighted by Gasteiger charge is 2.51. The normalized spacial score (nSPS) is 18.5. The number of halogens is 7. The van der Waals surface area contributed by atoms with Crippen LogP contribution in [0.1, 0.15) is 73.6 Å². The van der Waals surface area contributed by atoms with Gasteiger partial charge in [-0.05, 0) is 118 Å². The molecule has 7 rings (SSSR count). The Bertz CT molecular complexity index is 2060. The molecule has 2 unspecified atom stereocenters. The van der Waals surface area contributed by atoms with Gasteiger partial charge >= 0.3 is 31.3 Å². The minimum absolute atomic E-state index is 0. The summed E-state index contributed by atoms with van der Waals surface area (Å²) < 4.78 is 117. The zero-order valence-electron chi connectivity index (χ0n) is 34.3. The van der Waals surface area contributed by atoms with E-state index in [-0.39, 0.29) is 43.0 Å². The molecule has 10 nitrogen and oxygen atoms in total. The molecule has 3 saturated heterocycles. The highest BCUT2D eigenvalue weighted by molar-refractivity contribution is 9.10. The summed E-state index contributed by atoms with van der Waals surface area (Å²) in [5.74, 6) is 1.18. The maximum absolute atomic E-state index is 12.7. The second kappa shape index (κ2) is 23.2. The van der Waals surface area contributed by atoms with E-state index >= 15 is 0 Å². The van der Waals surface area contributed by atoms with Gasteiger partial charge < -0.3 is 47.9 Å². The Morgan fingerprint density at radius 3 is 1.41 bits per heavy atom. The van der Waals surface area contributed by atoms with Crippen LogP contribution in [0.2, 0.25) is 0 Å². The molecule has 2 N–H and O–H groups in total. The third kappa shape index (κ3) is 15.4. The fourth-order valence-electron chi connectivity index (χ4n) is 6.02. The molecular weight excluding hydrogens is 905 g/mol. The highest BCUT2D eigenvalue weighted by atomic mass is 79.9. The van der Waals surface area contributed by atoms with Crippen molar-refractivity contribution >= 4 is 28.5 Å². The zero-order valence-corrected chi connectivity index (χ0v) is 35.9. The lowest BCUT2D eigenvalue weighted by Gasteiger charge is -2.32. The zero-order chi connectivity index (χ0) is 45.0. The molecule has 3 heterocycles. The molecule has 0 saturated carbocycles. The lowest BCUT2D eigenvalue weighted by molar-refractivity contribution is -0.109. The third-order valence-corrected chi connectivity index (χ3v) is 10.3. The fraction of sp³-hybridized carbons (Fsp3) is 0.378. The van der Waals surface area contributed by atoms with Gasteiger partial charge in [-0.15, -0.1) is 0 Å². The summed E-state index contributed by atoms with van der Waals surface area (Å²) in [7, 11) is -0.567. The number of hydrogen-bond donors (Lipinski definition) is 2. The van der Waals surface area contributed by atoms with Crippen LogP contribution in [-0.2, 0) is 18.8 Å². The largest absolute Gasteiger partial charge is 0.508 e. The molecule has 4 aromatic carbocycles. The van der Waals surface area contributed by atoms with E-state index < -0.39 is 42.5 Å². The van der Waals surface area contributed by atoms with Gasteiger partial charge in [0.05, 0.1) is 24.4 Å². The van der Waals surface area contributed by atoms with E-state index in [0.29, 0.717) is 16.6 Å². The van der Waals surface area contributed by atoms with E-state index in [1.807, 2.05) is 45.9 Å². The van der Waals surface area contributed by atoms with Gasteiger partial charge in [0.25, 0.3) is 0 Å². The molecule has 4 aromatic rings. The Kier molecular flexibility index (Phi) is 18.7. The Balaban J connectivity index is 0.000000206. The summed E-state index contributed by atoms with van der Waals surface area (Å²) in [5, 5.41) is 18.7. The summed E-state index contributed by atoms with van der Waals surface area (Å²) in [6, 6.07) is 17.4. The second-order valence-electron chi connectivity index (χ2n) is 15.1. The lowest BCUT2D eigenvalue weighted by atomic mass is 9.79. The molecular formula is C45H50BBrF6O10. The average molecular weight is 956 g/mol. The molecule has 2 atom stereocenters. The van der Waals surface area contributed by atoms with Crippen LogP contribution in [0.25, 0.3) is 11.1 Å². The molecule has 18 heteroatoms. The van der Waals surface area contributed by atoms with E-state index in [2.05, 4.69) is 25.4 Å². The number of hydrogen-bond acceptors (Lipinski definition) is 10. The smallest absolute Gasteiger partial charge is 0.494 e. The predicted molar refractivity (Wildman–Crippen MR) is 229 cm³/mol. The Hall–Kier alpha value is -4.88. The number of rotatable bonds is 10. The quantitative estimate of drug-likeness (QED) is 0.0905. The molecule has 0 amide bonds. The molecule has 0 aromatic heterocycles. The van der Waals surface area contributed by atoms with Crippen molar-refractivity contribution in [1.82, 2.24) is 0 Å². The lowest BCUT2D eigenvalue weighted by Crippen LogP contribution is -2.41. The van der Waals surface area contributed by atoms with Crippen LogP contribution in [0.5, 0.6) is 34.5 Å². The molecule has 3 aliphatic rings. The minimum atomic E-state index is -2.54. The molecule has 0 spiro atoms. The SMILES string of the molecule is Brc1cc(OC2CCCCO2)cc(OC2CCCCO2)c1.C.CC1(C)OB(c2ccc(OC(F)=C(F)F)cc2)OC1(C)C.Oc1cc(O)cc(-c2ccc(OC(F)=C(F)F)cc2)c1. The number of ether oxygens (including phenoxy) is 6. The Morgan fingerprint density at radius 1 is 0.587 bits per heavy atom. The van der Waals surface area contributed by atoms with E-state index in [9.17, 15) is 36.6 Å². The van der Waals surface area contributed by atoms with Gasteiger partial charge in [-0.3, -0.25) is 0 Å². The number of aromatic hydroxyl groups is 2. The van der Waals surface area contributed by atoms with Gasteiger partial charge in [0.1, 0.15) is 34.5 Å². The van der Waals surface area contributed by atoms with Crippen LogP contribution in [0, 0.1) is 0 Å². The first-order valence-corrected chi connectivity index (χ1v) is 20.4. The van der Waals surface area contributed by atoms with Crippen molar-refractivity contribution in [2.75, 3.05) is 13.2 Å². The van der Waals surface area contributed by atoms with Crippen LogP contribution in [-0.4, -0.2) is 54.3 Å². The molecule has 63 heavy (non-hydrogen) atoms. The van der Waals surface area contributed by atoms with Crippen LogP contribution >= 0.6 is 15.9 Å². The minimum Gasteiger partial charge on any atom is -0.508 e. The number of benzene rings is 4. The molecule has 0 bridgehead atoms. The molecule has 0 radical (unpaired) electrons. The van der Waals surface area contributed by atoms with E-state index in [1.54, 1.807) is 12.1 Å². The van der Waals surface area contributed by atoms with Crippen LogP contribution in [0.3, 0.4) is 0 Å². The van der Waals surface area contributed by atoms with Crippen molar-refractivity contribution in [2.45, 2.75) is 97.4 Å². The van der Waals surface area contributed by atoms with Crippen molar-refractivity contribution in [1.29, 1.82) is 0 Å². The van der Waals surface area contributed by atoms with Crippen molar-refractivity contribution in [2.24, 2.45) is 0 Å². The maximum Gasteiger partial charge on any atom is 0.494 e. The van der Waals surface area contributed by atoms with E-state index in [0.717, 1.165) is 67.7 Å². The van der Waals surface area contributed by atoms with Crippen molar-refractivity contribution < 1.29 is 74.3 Å². The molecule has 342 valence electrons. The maximum atomic E-state index is 12.7. The third-order valence-electron chi connectivity index (χ3n) is 9.86. The van der Waals surface area contributed by atoms with Crippen molar-refractivity contribution in [3.8, 4) is 45.6 Å². The van der Waals surface area contributed by atoms with Gasteiger partial charge in [0, 0.05) is 29.4 Å². The van der Waals surface area contributed by atoms with Gasteiger partial charge in [0.2, 0.25) is 0 Å². The standard InChI is InChI=1S/C16H21BrO4.C14H16BF3O3.C14H9F3O3.CH4/c17-12-9-13(20-15-5-1-3-7-18-15)11-14(10-12)21-16-6-2-4-8-19-16;1-13(2)14(3,4)21-15(20-13)9-5-7-10(8-6-9)19-12(18)11(16)17;15-13(16)14(17)20-12-3-1-8(2-4-12)9-5-10(18)7-11(19)6-9;/h9-11,15-16H,1-8H2;5-8H,1-4H3;1-7,18-19H;1H4. The number of phenolic OH excluding ortho intramolecular Hbond substituents is 2. The summed E-state index contributed by atoms with van der Waals surface area (Å²) >= 11 is 3.50. The monoisotopic (exact) mass is 954 g/mol. The van der Waals surface area contributed by atoms with Crippen molar-refractivity contribution in [3.05, 3.63) is 114 Å². The summed E-state index contributed by atoms with van der Waals surface area (Å²) in [5.41, 5.74) is 0.861. The summed E-state index contributed by atoms with van der Waals surface area (Å²) in [6.45, 7) is 9.25.